The molecule has 0 heterocycles. The van der Waals surface area contributed by atoms with E-state index in [4.69, 9.17) is 4.74 Å². The van der Waals surface area contributed by atoms with E-state index in [2.05, 4.69) is 18.7 Å². The third-order valence-corrected chi connectivity index (χ3v) is 4.79. The minimum Gasteiger partial charge on any atom is -0.491 e. The largest absolute Gasteiger partial charge is 0.491 e. The van der Waals surface area contributed by atoms with Gasteiger partial charge in [0.1, 0.15) is 11.4 Å². The van der Waals surface area contributed by atoms with Gasteiger partial charge in [-0.3, -0.25) is 4.79 Å². The Morgan fingerprint density at radius 3 is 2.24 bits per heavy atom. The van der Waals surface area contributed by atoms with Gasteiger partial charge >= 0.3 is 0 Å². The van der Waals surface area contributed by atoms with Crippen LogP contribution in [0.2, 0.25) is 0 Å². The summed E-state index contributed by atoms with van der Waals surface area (Å²) in [6, 6.07) is 7.22. The molecular weight excluding hydrogens is 314 g/mol. The van der Waals surface area contributed by atoms with Crippen LogP contribution in [-0.4, -0.2) is 40.6 Å². The molecule has 0 bridgehead atoms. The first kappa shape index (κ1) is 19.5. The van der Waals surface area contributed by atoms with Crippen LogP contribution in [0.3, 0.4) is 0 Å². The Morgan fingerprint density at radius 2 is 1.76 bits per heavy atom. The van der Waals surface area contributed by atoms with Gasteiger partial charge in [-0.05, 0) is 64.8 Å². The number of benzene rings is 1. The minimum absolute atomic E-state index is 0.0710. The summed E-state index contributed by atoms with van der Waals surface area (Å²) in [6.07, 6.45) is 5.20. The average Bonchev–Trinajstić information content (AvgIpc) is 3.02. The van der Waals surface area contributed by atoms with Crippen LogP contribution in [0.5, 0.6) is 5.75 Å². The summed E-state index contributed by atoms with van der Waals surface area (Å²) in [6.45, 7) is 9.61. The number of ketones is 1. The average molecular weight is 345 g/mol. The fourth-order valence-electron chi connectivity index (χ4n) is 3.48. The molecule has 25 heavy (non-hydrogen) atoms. The monoisotopic (exact) mass is 345 g/mol. The molecule has 0 unspecified atom stereocenters. The Balaban J connectivity index is 2.27. The molecule has 1 saturated carbocycles. The number of ether oxygens (including phenoxy) is 1. The van der Waals surface area contributed by atoms with Crippen molar-refractivity contribution in [1.29, 1.82) is 0 Å². The summed E-state index contributed by atoms with van der Waals surface area (Å²) < 4.78 is 5.63. The molecule has 1 aliphatic carbocycles. The van der Waals surface area contributed by atoms with Crippen LogP contribution in [0.15, 0.2) is 36.0 Å². The number of likely N-dealkylation sites (N-methyl/N-ethyl adjacent to an activating group) is 1. The highest BCUT2D eigenvalue weighted by atomic mass is 16.5. The lowest BCUT2D eigenvalue weighted by Crippen LogP contribution is -2.39. The van der Waals surface area contributed by atoms with E-state index in [1.165, 1.54) is 0 Å². The molecule has 1 aromatic carbocycles. The molecule has 138 valence electrons. The van der Waals surface area contributed by atoms with E-state index in [-0.39, 0.29) is 11.9 Å². The molecular formula is C21H31NO3. The number of allylic oxidation sites excluding steroid dienone is 1. The molecule has 0 saturated heterocycles. The SMILES string of the molecule is CCN(CC)/C(=C/C(=O)c1ccc(OC(C)C)cc1)C1(O)CCCC1. The number of hydrogen-bond donors (Lipinski definition) is 1. The maximum atomic E-state index is 12.8. The lowest BCUT2D eigenvalue weighted by molar-refractivity contribution is 0.0534. The fourth-order valence-corrected chi connectivity index (χ4v) is 3.48. The summed E-state index contributed by atoms with van der Waals surface area (Å²) in [5, 5.41) is 11.0. The molecule has 4 heteroatoms. The maximum absolute atomic E-state index is 12.8. The highest BCUT2D eigenvalue weighted by Crippen LogP contribution is 2.37. The quantitative estimate of drug-likeness (QED) is 0.567. The zero-order valence-electron chi connectivity index (χ0n) is 15.9. The summed E-state index contributed by atoms with van der Waals surface area (Å²) in [4.78, 5) is 14.9. The lowest BCUT2D eigenvalue weighted by atomic mass is 9.94. The highest BCUT2D eigenvalue weighted by Gasteiger charge is 2.37. The maximum Gasteiger partial charge on any atom is 0.187 e. The number of rotatable bonds is 8. The molecule has 0 radical (unpaired) electrons. The normalized spacial score (nSPS) is 17.0. The minimum atomic E-state index is -0.873. The second kappa shape index (κ2) is 8.52. The number of aliphatic hydroxyl groups is 1. The van der Waals surface area contributed by atoms with Crippen molar-refractivity contribution in [3.63, 3.8) is 0 Å². The van der Waals surface area contributed by atoms with Crippen LogP contribution in [0.4, 0.5) is 0 Å². The van der Waals surface area contributed by atoms with E-state index in [1.807, 2.05) is 26.0 Å². The van der Waals surface area contributed by atoms with Crippen molar-refractivity contribution < 1.29 is 14.6 Å². The van der Waals surface area contributed by atoms with Gasteiger partial charge in [0.05, 0.1) is 6.10 Å². The molecule has 1 fully saturated rings. The van der Waals surface area contributed by atoms with Gasteiger partial charge in [-0.15, -0.1) is 0 Å². The van der Waals surface area contributed by atoms with Crippen LogP contribution in [-0.2, 0) is 0 Å². The summed E-state index contributed by atoms with van der Waals surface area (Å²) >= 11 is 0. The summed E-state index contributed by atoms with van der Waals surface area (Å²) in [7, 11) is 0. The van der Waals surface area contributed by atoms with Gasteiger partial charge in [0.2, 0.25) is 0 Å². The first-order chi connectivity index (χ1) is 11.9. The molecule has 0 atom stereocenters. The zero-order chi connectivity index (χ0) is 18.4. The molecule has 1 aliphatic rings. The predicted octanol–water partition coefficient (Wildman–Crippen LogP) is 4.19. The van der Waals surface area contributed by atoms with Gasteiger partial charge in [0.15, 0.2) is 5.78 Å². The van der Waals surface area contributed by atoms with Crippen LogP contribution >= 0.6 is 0 Å². The van der Waals surface area contributed by atoms with Crippen molar-refractivity contribution in [2.45, 2.75) is 65.1 Å². The standard InChI is InChI=1S/C21H31NO3/c1-5-22(6-2)20(21(24)13-7-8-14-21)15-19(23)17-9-11-18(12-10-17)25-16(3)4/h9-12,15-16,24H,5-8,13-14H2,1-4H3/b20-15+. The van der Waals surface area contributed by atoms with Crippen molar-refractivity contribution in [3.8, 4) is 5.75 Å². The van der Waals surface area contributed by atoms with Crippen molar-refractivity contribution in [2.24, 2.45) is 0 Å². The van der Waals surface area contributed by atoms with E-state index in [9.17, 15) is 9.90 Å². The van der Waals surface area contributed by atoms with Crippen molar-refractivity contribution in [2.75, 3.05) is 13.1 Å². The van der Waals surface area contributed by atoms with Gasteiger partial charge in [0.25, 0.3) is 0 Å². The lowest BCUT2D eigenvalue weighted by Gasteiger charge is -2.35. The Kier molecular flexibility index (Phi) is 6.65. The molecule has 1 aromatic rings. The molecule has 1 N–H and O–H groups in total. The van der Waals surface area contributed by atoms with E-state index in [0.29, 0.717) is 5.56 Å². The van der Waals surface area contributed by atoms with Crippen LogP contribution < -0.4 is 4.74 Å². The van der Waals surface area contributed by atoms with Gasteiger partial charge in [-0.1, -0.05) is 12.8 Å². The van der Waals surface area contributed by atoms with Crippen LogP contribution in [0.1, 0.15) is 63.7 Å². The number of nitrogens with zero attached hydrogens (tertiary/aromatic N) is 1. The van der Waals surface area contributed by atoms with Crippen molar-refractivity contribution in [3.05, 3.63) is 41.6 Å². The van der Waals surface area contributed by atoms with E-state index in [1.54, 1.807) is 18.2 Å². The number of hydrogen-bond acceptors (Lipinski definition) is 4. The third-order valence-electron chi connectivity index (χ3n) is 4.79. The molecule has 0 amide bonds. The Morgan fingerprint density at radius 1 is 1.20 bits per heavy atom. The summed E-state index contributed by atoms with van der Waals surface area (Å²) in [5.74, 6) is 0.687. The molecule has 4 nitrogen and oxygen atoms in total. The van der Waals surface area contributed by atoms with Gasteiger partial charge < -0.3 is 14.7 Å². The zero-order valence-corrected chi connectivity index (χ0v) is 15.9. The first-order valence-electron chi connectivity index (χ1n) is 9.40. The highest BCUT2D eigenvalue weighted by molar-refractivity contribution is 6.05. The van der Waals surface area contributed by atoms with Gasteiger partial charge in [-0.25, -0.2) is 0 Å². The van der Waals surface area contributed by atoms with Gasteiger partial charge in [-0.2, -0.15) is 0 Å². The van der Waals surface area contributed by atoms with Gasteiger partial charge in [0, 0.05) is 30.4 Å². The third kappa shape index (κ3) is 4.85. The second-order valence-electron chi connectivity index (χ2n) is 7.00. The van der Waals surface area contributed by atoms with Crippen molar-refractivity contribution >= 4 is 5.78 Å². The van der Waals surface area contributed by atoms with Crippen LogP contribution in [0.25, 0.3) is 0 Å². The Hall–Kier alpha value is -1.81. The van der Waals surface area contributed by atoms with Crippen LogP contribution in [0, 0.1) is 0 Å². The topological polar surface area (TPSA) is 49.8 Å². The number of carbonyl (C=O) groups is 1. The Bertz CT molecular complexity index is 594. The molecule has 2 rings (SSSR count). The second-order valence-corrected chi connectivity index (χ2v) is 7.00. The molecule has 0 aromatic heterocycles. The molecule has 0 spiro atoms. The summed E-state index contributed by atoms with van der Waals surface area (Å²) in [5.41, 5.74) is 0.507. The van der Waals surface area contributed by atoms with Crippen molar-refractivity contribution in [1.82, 2.24) is 4.90 Å². The van der Waals surface area contributed by atoms with E-state index >= 15 is 0 Å². The van der Waals surface area contributed by atoms with E-state index < -0.39 is 5.60 Å². The predicted molar refractivity (Wildman–Crippen MR) is 101 cm³/mol. The fraction of sp³-hybridized carbons (Fsp3) is 0.571. The van der Waals surface area contributed by atoms with E-state index in [0.717, 1.165) is 50.2 Å². The smallest absolute Gasteiger partial charge is 0.187 e. The molecule has 0 aliphatic heterocycles. The Labute approximate surface area is 151 Å². The first-order valence-corrected chi connectivity index (χ1v) is 9.40. The number of carbonyl (C=O) groups excluding carboxylic acids is 1.